The Bertz CT molecular complexity index is 169. The molecule has 0 heterocycles. The van der Waals surface area contributed by atoms with Gasteiger partial charge in [0.2, 0.25) is 0 Å². The van der Waals surface area contributed by atoms with Gasteiger partial charge in [0.1, 0.15) is 4.75 Å². The van der Waals surface area contributed by atoms with Crippen molar-refractivity contribution in [2.75, 3.05) is 0 Å². The highest BCUT2D eigenvalue weighted by atomic mass is 32.2. The molecule has 0 aromatic rings. The van der Waals surface area contributed by atoms with Crippen LogP contribution >= 0.6 is 0 Å². The summed E-state index contributed by atoms with van der Waals surface area (Å²) in [6.07, 6.45) is 1.04. The number of hydrogen-bond acceptors (Lipinski definition) is 2. The molecule has 3 heteroatoms. The van der Waals surface area contributed by atoms with E-state index < -0.39 is 11.4 Å². The maximum atomic E-state index is 11.8. The third-order valence-electron chi connectivity index (χ3n) is 1.78. The Balaban J connectivity index is 4.01. The summed E-state index contributed by atoms with van der Waals surface area (Å²) in [6.45, 7) is 14.6. The largest absolute Gasteiger partial charge is 0.598 e. The fourth-order valence-electron chi connectivity index (χ4n) is 1.32. The topological polar surface area (TPSA) is 35.1 Å². The molecule has 14 heavy (non-hydrogen) atoms. The highest BCUT2D eigenvalue weighted by Crippen LogP contribution is 2.22. The Morgan fingerprint density at radius 3 is 1.86 bits per heavy atom. The molecular weight excluding hydrogens is 194 g/mol. The number of hydrogen-bond donors (Lipinski definition) is 1. The third-order valence-corrected chi connectivity index (χ3v) is 3.51. The van der Waals surface area contributed by atoms with Gasteiger partial charge in [-0.25, -0.2) is 0 Å². The molecule has 0 aromatic carbocycles. The molecule has 0 aliphatic rings. The van der Waals surface area contributed by atoms with Crippen molar-refractivity contribution in [3.05, 3.63) is 0 Å². The minimum Gasteiger partial charge on any atom is -0.598 e. The van der Waals surface area contributed by atoms with Crippen molar-refractivity contribution in [3.63, 3.8) is 0 Å². The minimum atomic E-state index is -0.952. The van der Waals surface area contributed by atoms with Gasteiger partial charge in [-0.1, -0.05) is 20.8 Å². The quantitative estimate of drug-likeness (QED) is 0.741. The summed E-state index contributed by atoms with van der Waals surface area (Å²) < 4.78 is 14.7. The fourth-order valence-corrected chi connectivity index (χ4v) is 2.12. The molecule has 0 aromatic heterocycles. The zero-order chi connectivity index (χ0) is 11.6. The maximum absolute atomic E-state index is 11.8. The van der Waals surface area contributed by atoms with Crippen molar-refractivity contribution in [1.82, 2.24) is 4.72 Å². The van der Waals surface area contributed by atoms with Crippen molar-refractivity contribution in [1.29, 1.82) is 0 Å². The first-order chi connectivity index (χ1) is 6.02. The van der Waals surface area contributed by atoms with Crippen molar-refractivity contribution in [2.24, 2.45) is 5.41 Å². The summed E-state index contributed by atoms with van der Waals surface area (Å²) in [5, 5.41) is 0. The molecule has 0 aliphatic heterocycles. The minimum absolute atomic E-state index is 0.174. The van der Waals surface area contributed by atoms with Gasteiger partial charge in [-0.05, 0) is 39.5 Å². The standard InChI is InChI=1S/C11H25NOS/c1-9(8-10(2,3)4)12-14(13)11(5,6)7/h9,12H,8H2,1-7H3/t9-,14+/m0/s1. The van der Waals surface area contributed by atoms with E-state index in [1.807, 2.05) is 20.8 Å². The van der Waals surface area contributed by atoms with Crippen molar-refractivity contribution < 1.29 is 4.55 Å². The molecule has 0 saturated carbocycles. The lowest BCUT2D eigenvalue weighted by atomic mass is 9.89. The van der Waals surface area contributed by atoms with Gasteiger partial charge in [0.25, 0.3) is 0 Å². The lowest BCUT2D eigenvalue weighted by Gasteiger charge is -2.29. The van der Waals surface area contributed by atoms with Crippen LogP contribution < -0.4 is 4.72 Å². The Morgan fingerprint density at radius 2 is 1.57 bits per heavy atom. The van der Waals surface area contributed by atoms with Gasteiger partial charge in [-0.3, -0.25) is 0 Å². The van der Waals surface area contributed by atoms with Crippen molar-refractivity contribution >= 4 is 11.4 Å². The third kappa shape index (κ3) is 6.68. The van der Waals surface area contributed by atoms with Crippen LogP contribution in [0.3, 0.4) is 0 Å². The van der Waals surface area contributed by atoms with Gasteiger partial charge >= 0.3 is 0 Å². The predicted octanol–water partition coefficient (Wildman–Crippen LogP) is 2.86. The zero-order valence-corrected chi connectivity index (χ0v) is 11.4. The van der Waals surface area contributed by atoms with Crippen LogP contribution in [-0.4, -0.2) is 15.3 Å². The van der Waals surface area contributed by atoms with E-state index in [0.717, 1.165) is 6.42 Å². The molecule has 0 unspecified atom stereocenters. The molecule has 2 atom stereocenters. The Labute approximate surface area is 92.2 Å². The maximum Gasteiger partial charge on any atom is 0.136 e. The van der Waals surface area contributed by atoms with E-state index in [1.165, 1.54) is 0 Å². The first-order valence-corrected chi connectivity index (χ1v) is 6.35. The van der Waals surface area contributed by atoms with Crippen molar-refractivity contribution in [3.8, 4) is 0 Å². The van der Waals surface area contributed by atoms with Gasteiger partial charge in [-0.15, -0.1) is 4.72 Å². The van der Waals surface area contributed by atoms with E-state index >= 15 is 0 Å². The molecule has 1 N–H and O–H groups in total. The van der Waals surface area contributed by atoms with E-state index in [9.17, 15) is 4.55 Å². The Hall–Kier alpha value is 0.270. The summed E-state index contributed by atoms with van der Waals surface area (Å²) in [4.78, 5) is 0. The average Bonchev–Trinajstić information content (AvgIpc) is 1.79. The number of rotatable bonds is 3. The van der Waals surface area contributed by atoms with Crippen molar-refractivity contribution in [2.45, 2.75) is 65.7 Å². The second-order valence-corrected chi connectivity index (χ2v) is 8.16. The molecule has 0 aliphatic carbocycles. The summed E-state index contributed by atoms with van der Waals surface area (Å²) >= 11 is -0.952. The SMILES string of the molecule is C[C@@H](CC(C)(C)C)N[S@+]([O-])C(C)(C)C. The van der Waals surface area contributed by atoms with Crippen LogP contribution in [-0.2, 0) is 11.4 Å². The van der Waals surface area contributed by atoms with Crippen LogP contribution in [0.5, 0.6) is 0 Å². The smallest absolute Gasteiger partial charge is 0.136 e. The summed E-state index contributed by atoms with van der Waals surface area (Å²) in [5.41, 5.74) is 0.286. The molecule has 0 rings (SSSR count). The summed E-state index contributed by atoms with van der Waals surface area (Å²) in [6, 6.07) is 0.301. The molecular formula is C11H25NOS. The summed E-state index contributed by atoms with van der Waals surface area (Å²) in [7, 11) is 0. The lowest BCUT2D eigenvalue weighted by molar-refractivity contribution is 0.336. The van der Waals surface area contributed by atoms with Gasteiger partial charge < -0.3 is 4.55 Å². The van der Waals surface area contributed by atoms with E-state index in [-0.39, 0.29) is 10.2 Å². The second-order valence-electron chi connectivity index (χ2n) is 6.16. The lowest BCUT2D eigenvalue weighted by Crippen LogP contribution is -2.44. The Kier molecular flexibility index (Phi) is 4.96. The zero-order valence-electron chi connectivity index (χ0n) is 10.6. The van der Waals surface area contributed by atoms with Crippen LogP contribution in [0, 0.1) is 5.41 Å². The van der Waals surface area contributed by atoms with E-state index in [0.29, 0.717) is 6.04 Å². The predicted molar refractivity (Wildman–Crippen MR) is 64.6 cm³/mol. The first kappa shape index (κ1) is 14.3. The summed E-state index contributed by atoms with van der Waals surface area (Å²) in [5.74, 6) is 0. The molecule has 0 amide bonds. The fraction of sp³-hybridized carbons (Fsp3) is 1.00. The second kappa shape index (κ2) is 4.86. The van der Waals surface area contributed by atoms with Crippen LogP contribution in [0.1, 0.15) is 54.9 Å². The van der Waals surface area contributed by atoms with E-state index in [4.69, 9.17) is 0 Å². The van der Waals surface area contributed by atoms with Crippen LogP contribution in [0.4, 0.5) is 0 Å². The van der Waals surface area contributed by atoms with Gasteiger partial charge in [0.15, 0.2) is 0 Å². The monoisotopic (exact) mass is 219 g/mol. The Morgan fingerprint density at radius 1 is 1.14 bits per heavy atom. The molecule has 86 valence electrons. The molecule has 0 fully saturated rings. The molecule has 0 spiro atoms. The van der Waals surface area contributed by atoms with Gasteiger partial charge in [0.05, 0.1) is 6.04 Å². The first-order valence-electron chi connectivity index (χ1n) is 5.20. The molecule has 0 saturated heterocycles. The van der Waals surface area contributed by atoms with Crippen LogP contribution in [0.2, 0.25) is 0 Å². The highest BCUT2D eigenvalue weighted by Gasteiger charge is 2.29. The normalized spacial score (nSPS) is 18.0. The number of nitrogens with one attached hydrogen (secondary N) is 1. The molecule has 2 nitrogen and oxygen atoms in total. The van der Waals surface area contributed by atoms with E-state index in [1.54, 1.807) is 0 Å². The molecule has 0 bridgehead atoms. The van der Waals surface area contributed by atoms with Gasteiger partial charge in [-0.2, -0.15) is 0 Å². The molecule has 0 radical (unpaired) electrons. The van der Waals surface area contributed by atoms with E-state index in [2.05, 4.69) is 32.4 Å². The average molecular weight is 219 g/mol. The van der Waals surface area contributed by atoms with Crippen LogP contribution in [0.25, 0.3) is 0 Å². The van der Waals surface area contributed by atoms with Gasteiger partial charge in [0, 0.05) is 11.4 Å². The van der Waals surface area contributed by atoms with Crippen LogP contribution in [0.15, 0.2) is 0 Å². The highest BCUT2D eigenvalue weighted by molar-refractivity contribution is 7.90.